The smallest absolute Gasteiger partial charge is 0.138 e. The van der Waals surface area contributed by atoms with Crippen LogP contribution in [-0.2, 0) is 0 Å². The Kier molecular flexibility index (Phi) is 4.73. The molecule has 0 aliphatic heterocycles. The van der Waals surface area contributed by atoms with Gasteiger partial charge in [0.05, 0.1) is 12.5 Å². The largest absolute Gasteiger partial charge is 0.497 e. The maximum atomic E-state index is 5.23. The summed E-state index contributed by atoms with van der Waals surface area (Å²) in [6.07, 6.45) is 1.62. The van der Waals surface area contributed by atoms with Gasteiger partial charge in [-0.05, 0) is 31.8 Å². The number of aromatic nitrogens is 2. The third kappa shape index (κ3) is 3.43. The Balaban J connectivity index is 1.96. The van der Waals surface area contributed by atoms with Crippen molar-refractivity contribution in [3.8, 4) is 16.9 Å². The highest BCUT2D eigenvalue weighted by Crippen LogP contribution is 2.36. The van der Waals surface area contributed by atoms with Crippen molar-refractivity contribution in [1.82, 2.24) is 14.9 Å². The van der Waals surface area contributed by atoms with Gasteiger partial charge in [-0.3, -0.25) is 0 Å². The summed E-state index contributed by atoms with van der Waals surface area (Å²) in [5.41, 5.74) is 2.29. The van der Waals surface area contributed by atoms with Gasteiger partial charge in [-0.1, -0.05) is 12.1 Å². The molecule has 3 rings (SSSR count). The first-order chi connectivity index (χ1) is 11.2. The summed E-state index contributed by atoms with van der Waals surface area (Å²) in [5, 5.41) is 6.65. The van der Waals surface area contributed by atoms with Crippen LogP contribution in [0.5, 0.6) is 5.75 Å². The molecule has 0 bridgehead atoms. The lowest BCUT2D eigenvalue weighted by atomic mass is 10.1. The fourth-order valence-corrected chi connectivity index (χ4v) is 3.31. The monoisotopic (exact) mass is 328 g/mol. The van der Waals surface area contributed by atoms with Gasteiger partial charge in [-0.15, -0.1) is 11.3 Å². The second-order valence-corrected chi connectivity index (χ2v) is 6.37. The Morgan fingerprint density at radius 2 is 1.96 bits per heavy atom. The van der Waals surface area contributed by atoms with Crippen molar-refractivity contribution in [2.24, 2.45) is 0 Å². The molecular formula is C17H20N4OS. The fraction of sp³-hybridized carbons (Fsp3) is 0.294. The number of nitrogens with one attached hydrogen (secondary N) is 1. The summed E-state index contributed by atoms with van der Waals surface area (Å²) in [6.45, 7) is 1.80. The van der Waals surface area contributed by atoms with Crippen molar-refractivity contribution in [2.45, 2.75) is 0 Å². The van der Waals surface area contributed by atoms with E-state index in [1.807, 2.05) is 12.1 Å². The van der Waals surface area contributed by atoms with Crippen LogP contribution < -0.4 is 10.1 Å². The highest BCUT2D eigenvalue weighted by molar-refractivity contribution is 7.17. The van der Waals surface area contributed by atoms with E-state index in [0.29, 0.717) is 0 Å². The summed E-state index contributed by atoms with van der Waals surface area (Å²) >= 11 is 1.64. The van der Waals surface area contributed by atoms with Gasteiger partial charge < -0.3 is 15.0 Å². The van der Waals surface area contributed by atoms with Gasteiger partial charge in [0.2, 0.25) is 0 Å². The fourth-order valence-electron chi connectivity index (χ4n) is 2.39. The van der Waals surface area contributed by atoms with Gasteiger partial charge in [-0.25, -0.2) is 9.97 Å². The van der Waals surface area contributed by atoms with Crippen molar-refractivity contribution >= 4 is 27.4 Å². The lowest BCUT2D eigenvalue weighted by Crippen LogP contribution is -2.21. The number of hydrogen-bond donors (Lipinski definition) is 1. The second kappa shape index (κ2) is 6.93. The van der Waals surface area contributed by atoms with Crippen LogP contribution in [-0.4, -0.2) is 49.2 Å². The van der Waals surface area contributed by atoms with Gasteiger partial charge >= 0.3 is 0 Å². The quantitative estimate of drug-likeness (QED) is 0.752. The van der Waals surface area contributed by atoms with E-state index in [2.05, 4.69) is 51.8 Å². The number of nitrogens with zero attached hydrogens (tertiary/aromatic N) is 3. The van der Waals surface area contributed by atoms with Crippen LogP contribution in [0, 0.1) is 0 Å². The van der Waals surface area contributed by atoms with E-state index < -0.39 is 0 Å². The maximum absolute atomic E-state index is 5.23. The van der Waals surface area contributed by atoms with Gasteiger partial charge in [-0.2, -0.15) is 0 Å². The molecule has 1 aromatic carbocycles. The van der Waals surface area contributed by atoms with E-state index in [4.69, 9.17) is 4.74 Å². The van der Waals surface area contributed by atoms with E-state index in [9.17, 15) is 0 Å². The van der Waals surface area contributed by atoms with E-state index in [1.54, 1.807) is 24.8 Å². The summed E-state index contributed by atoms with van der Waals surface area (Å²) in [5.74, 6) is 1.75. The van der Waals surface area contributed by atoms with Crippen molar-refractivity contribution in [1.29, 1.82) is 0 Å². The summed E-state index contributed by atoms with van der Waals surface area (Å²) in [4.78, 5) is 12.0. The number of fused-ring (bicyclic) bond motifs is 1. The zero-order chi connectivity index (χ0) is 16.2. The minimum atomic E-state index is 0.844. The lowest BCUT2D eigenvalue weighted by molar-refractivity contribution is 0.415. The number of benzene rings is 1. The first-order valence-electron chi connectivity index (χ1n) is 7.44. The summed E-state index contributed by atoms with van der Waals surface area (Å²) in [7, 11) is 5.80. The van der Waals surface area contributed by atoms with Crippen LogP contribution in [0.1, 0.15) is 0 Å². The first kappa shape index (κ1) is 15.7. The first-order valence-corrected chi connectivity index (χ1v) is 8.32. The molecule has 0 atom stereocenters. The van der Waals surface area contributed by atoms with Crippen LogP contribution >= 0.6 is 11.3 Å². The normalized spacial score (nSPS) is 11.1. The Bertz CT molecular complexity index is 783. The van der Waals surface area contributed by atoms with E-state index in [-0.39, 0.29) is 0 Å². The van der Waals surface area contributed by atoms with Crippen LogP contribution in [0.2, 0.25) is 0 Å². The molecule has 0 unspecified atom stereocenters. The van der Waals surface area contributed by atoms with Crippen LogP contribution in [0.3, 0.4) is 0 Å². The Morgan fingerprint density at radius 3 is 2.65 bits per heavy atom. The minimum absolute atomic E-state index is 0.844. The molecule has 3 aromatic rings. The number of thiophene rings is 1. The van der Waals surface area contributed by atoms with Crippen LogP contribution in [0.4, 0.5) is 5.82 Å². The standard InChI is InChI=1S/C17H20N4OS/c1-21(2)9-8-18-16-15-14(10-23-17(15)20-11-19-16)12-4-6-13(22-3)7-5-12/h4-7,10-11H,8-9H2,1-3H3,(H,18,19,20). The number of rotatable bonds is 6. The molecule has 0 saturated carbocycles. The van der Waals surface area contributed by atoms with Crippen molar-refractivity contribution < 1.29 is 4.74 Å². The molecule has 2 heterocycles. The molecule has 0 radical (unpaired) electrons. The summed E-state index contributed by atoms with van der Waals surface area (Å²) < 4.78 is 5.23. The number of likely N-dealkylation sites (N-methyl/N-ethyl adjacent to an activating group) is 1. The number of ether oxygens (including phenoxy) is 1. The third-order valence-electron chi connectivity index (χ3n) is 3.62. The molecule has 1 N–H and O–H groups in total. The Hall–Kier alpha value is -2.18. The molecule has 5 nitrogen and oxygen atoms in total. The molecule has 0 fully saturated rings. The minimum Gasteiger partial charge on any atom is -0.497 e. The molecule has 6 heteroatoms. The molecule has 0 amide bonds. The molecule has 2 aromatic heterocycles. The molecule has 0 aliphatic rings. The van der Waals surface area contributed by atoms with E-state index >= 15 is 0 Å². The van der Waals surface area contributed by atoms with E-state index in [0.717, 1.165) is 46.0 Å². The van der Waals surface area contributed by atoms with Gasteiger partial charge in [0.15, 0.2) is 0 Å². The average Bonchev–Trinajstić information content (AvgIpc) is 2.99. The second-order valence-electron chi connectivity index (χ2n) is 5.51. The topological polar surface area (TPSA) is 50.3 Å². The molecule has 120 valence electrons. The van der Waals surface area contributed by atoms with Crippen molar-refractivity contribution in [3.05, 3.63) is 36.0 Å². The number of hydrogen-bond acceptors (Lipinski definition) is 6. The lowest BCUT2D eigenvalue weighted by Gasteiger charge is -2.12. The highest BCUT2D eigenvalue weighted by atomic mass is 32.1. The number of anilines is 1. The van der Waals surface area contributed by atoms with Crippen LogP contribution in [0.15, 0.2) is 36.0 Å². The van der Waals surface area contributed by atoms with Gasteiger partial charge in [0, 0.05) is 24.0 Å². The predicted molar refractivity (Wildman–Crippen MR) is 96.4 cm³/mol. The zero-order valence-electron chi connectivity index (χ0n) is 13.5. The Labute approximate surface area is 139 Å². The number of methoxy groups -OCH3 is 1. The maximum Gasteiger partial charge on any atom is 0.138 e. The predicted octanol–water partition coefficient (Wildman–Crippen LogP) is 3.34. The molecule has 0 saturated heterocycles. The molecular weight excluding hydrogens is 308 g/mol. The molecule has 0 spiro atoms. The SMILES string of the molecule is COc1ccc(-c2csc3ncnc(NCCN(C)C)c23)cc1. The van der Waals surface area contributed by atoms with Crippen molar-refractivity contribution in [2.75, 3.05) is 39.6 Å². The van der Waals surface area contributed by atoms with Crippen molar-refractivity contribution in [3.63, 3.8) is 0 Å². The van der Waals surface area contributed by atoms with Gasteiger partial charge in [0.25, 0.3) is 0 Å². The molecule has 23 heavy (non-hydrogen) atoms. The zero-order valence-corrected chi connectivity index (χ0v) is 14.4. The Morgan fingerprint density at radius 1 is 1.17 bits per heavy atom. The van der Waals surface area contributed by atoms with Crippen LogP contribution in [0.25, 0.3) is 21.3 Å². The van der Waals surface area contributed by atoms with E-state index in [1.165, 1.54) is 0 Å². The van der Waals surface area contributed by atoms with Gasteiger partial charge in [0.1, 0.15) is 22.7 Å². The summed E-state index contributed by atoms with van der Waals surface area (Å²) in [6, 6.07) is 8.08. The average molecular weight is 328 g/mol. The third-order valence-corrected chi connectivity index (χ3v) is 4.51. The highest BCUT2D eigenvalue weighted by Gasteiger charge is 2.13. The molecule has 0 aliphatic carbocycles.